The summed E-state index contributed by atoms with van der Waals surface area (Å²) in [4.78, 5) is 31.6. The minimum atomic E-state index is -1.33. The highest BCUT2D eigenvalue weighted by Crippen LogP contribution is 2.07. The van der Waals surface area contributed by atoms with Crippen LogP contribution in [0.5, 0.6) is 0 Å². The molecule has 0 radical (unpaired) electrons. The molecule has 0 saturated heterocycles. The van der Waals surface area contributed by atoms with E-state index in [1.807, 2.05) is 0 Å². The molecular weight excluding hydrogens is 192 g/mol. The van der Waals surface area contributed by atoms with Crippen LogP contribution in [0.3, 0.4) is 0 Å². The van der Waals surface area contributed by atoms with Crippen molar-refractivity contribution in [2.24, 2.45) is 0 Å². The standard InChI is InChI=1S/C8H12O6/c1-8(2,3)14-7(12)6(11)13-4-5(9)10/h4H2,1-3H3,(H,9,10). The molecule has 0 aliphatic carbocycles. The Bertz CT molecular complexity index is 249. The van der Waals surface area contributed by atoms with Gasteiger partial charge in [0, 0.05) is 0 Å². The summed E-state index contributed by atoms with van der Waals surface area (Å²) in [6.45, 7) is 3.89. The van der Waals surface area contributed by atoms with E-state index in [0.717, 1.165) is 0 Å². The van der Waals surface area contributed by atoms with Gasteiger partial charge >= 0.3 is 17.9 Å². The van der Waals surface area contributed by atoms with Crippen molar-refractivity contribution in [3.63, 3.8) is 0 Å². The molecule has 14 heavy (non-hydrogen) atoms. The van der Waals surface area contributed by atoms with Crippen LogP contribution in [0.4, 0.5) is 0 Å². The summed E-state index contributed by atoms with van der Waals surface area (Å²) >= 11 is 0. The van der Waals surface area contributed by atoms with Crippen LogP contribution in [0.15, 0.2) is 0 Å². The molecule has 0 bridgehead atoms. The maximum absolute atomic E-state index is 10.9. The number of aliphatic carboxylic acids is 1. The van der Waals surface area contributed by atoms with Crippen molar-refractivity contribution in [2.75, 3.05) is 6.61 Å². The lowest BCUT2D eigenvalue weighted by Gasteiger charge is -2.18. The van der Waals surface area contributed by atoms with Crippen molar-refractivity contribution in [1.82, 2.24) is 0 Å². The van der Waals surface area contributed by atoms with Gasteiger partial charge in [-0.3, -0.25) is 0 Å². The lowest BCUT2D eigenvalue weighted by molar-refractivity contribution is -0.176. The predicted molar refractivity (Wildman–Crippen MR) is 44.4 cm³/mol. The first-order valence-electron chi connectivity index (χ1n) is 3.84. The fraction of sp³-hybridized carbons (Fsp3) is 0.625. The number of hydrogen-bond acceptors (Lipinski definition) is 5. The highest BCUT2D eigenvalue weighted by Gasteiger charge is 2.24. The van der Waals surface area contributed by atoms with E-state index in [1.54, 1.807) is 20.8 Å². The van der Waals surface area contributed by atoms with E-state index in [2.05, 4.69) is 9.47 Å². The van der Waals surface area contributed by atoms with Gasteiger partial charge in [-0.15, -0.1) is 0 Å². The van der Waals surface area contributed by atoms with Gasteiger partial charge in [-0.1, -0.05) is 0 Å². The number of carbonyl (C=O) groups is 3. The van der Waals surface area contributed by atoms with Crippen LogP contribution in [0.25, 0.3) is 0 Å². The quantitative estimate of drug-likeness (QED) is 0.501. The van der Waals surface area contributed by atoms with Crippen molar-refractivity contribution in [1.29, 1.82) is 0 Å². The van der Waals surface area contributed by atoms with Gasteiger partial charge in [0.05, 0.1) is 0 Å². The van der Waals surface area contributed by atoms with Crippen LogP contribution in [0, 0.1) is 0 Å². The summed E-state index contributed by atoms with van der Waals surface area (Å²) in [6, 6.07) is 0. The van der Waals surface area contributed by atoms with E-state index in [0.29, 0.717) is 0 Å². The third kappa shape index (κ3) is 5.99. The van der Waals surface area contributed by atoms with E-state index in [9.17, 15) is 14.4 Å². The molecule has 0 atom stereocenters. The van der Waals surface area contributed by atoms with Crippen LogP contribution in [0.1, 0.15) is 20.8 Å². The van der Waals surface area contributed by atoms with Gasteiger partial charge in [-0.25, -0.2) is 14.4 Å². The summed E-state index contributed by atoms with van der Waals surface area (Å²) in [5.74, 6) is -3.83. The van der Waals surface area contributed by atoms with Crippen LogP contribution in [-0.4, -0.2) is 35.2 Å². The molecule has 0 aliphatic rings. The molecule has 80 valence electrons. The third-order valence-electron chi connectivity index (χ3n) is 0.892. The largest absolute Gasteiger partial charge is 0.479 e. The molecule has 0 spiro atoms. The van der Waals surface area contributed by atoms with Gasteiger partial charge in [0.2, 0.25) is 0 Å². The predicted octanol–water partition coefficient (Wildman–Crippen LogP) is -0.0441. The fourth-order valence-corrected chi connectivity index (χ4v) is 0.506. The lowest BCUT2D eigenvalue weighted by atomic mass is 10.2. The van der Waals surface area contributed by atoms with Crippen LogP contribution in [-0.2, 0) is 23.9 Å². The molecule has 0 heterocycles. The molecule has 0 aromatic rings. The van der Waals surface area contributed by atoms with Gasteiger partial charge in [-0.2, -0.15) is 0 Å². The van der Waals surface area contributed by atoms with Gasteiger partial charge < -0.3 is 14.6 Å². The fourth-order valence-electron chi connectivity index (χ4n) is 0.506. The highest BCUT2D eigenvalue weighted by molar-refractivity contribution is 6.29. The second-order valence-electron chi connectivity index (χ2n) is 3.47. The third-order valence-corrected chi connectivity index (χ3v) is 0.892. The van der Waals surface area contributed by atoms with Crippen LogP contribution < -0.4 is 0 Å². The van der Waals surface area contributed by atoms with E-state index in [-0.39, 0.29) is 0 Å². The Balaban J connectivity index is 4.01. The van der Waals surface area contributed by atoms with Gasteiger partial charge in [-0.05, 0) is 20.8 Å². The molecule has 0 unspecified atom stereocenters. The number of carbonyl (C=O) groups excluding carboxylic acids is 2. The molecule has 0 aromatic heterocycles. The Kier molecular flexibility index (Phi) is 4.07. The minimum absolute atomic E-state index is 0.806. The minimum Gasteiger partial charge on any atom is -0.479 e. The smallest absolute Gasteiger partial charge is 0.418 e. The Hall–Kier alpha value is -1.59. The molecule has 0 amide bonds. The van der Waals surface area contributed by atoms with Gasteiger partial charge in [0.25, 0.3) is 0 Å². The zero-order valence-electron chi connectivity index (χ0n) is 8.20. The number of ether oxygens (including phenoxy) is 2. The number of hydrogen-bond donors (Lipinski definition) is 1. The first-order chi connectivity index (χ1) is 6.22. The van der Waals surface area contributed by atoms with Gasteiger partial charge in [0.15, 0.2) is 6.61 Å². The zero-order valence-corrected chi connectivity index (χ0v) is 8.20. The van der Waals surface area contributed by atoms with Gasteiger partial charge in [0.1, 0.15) is 5.60 Å². The van der Waals surface area contributed by atoms with E-state index >= 15 is 0 Å². The first kappa shape index (κ1) is 12.4. The summed E-state index contributed by atoms with van der Waals surface area (Å²) in [6.07, 6.45) is 0. The first-order valence-corrected chi connectivity index (χ1v) is 3.84. The summed E-state index contributed by atoms with van der Waals surface area (Å²) < 4.78 is 8.72. The Morgan fingerprint density at radius 2 is 1.64 bits per heavy atom. The molecule has 6 nitrogen and oxygen atoms in total. The number of carboxylic acids is 1. The van der Waals surface area contributed by atoms with Crippen LogP contribution in [0.2, 0.25) is 0 Å². The summed E-state index contributed by atoms with van der Waals surface area (Å²) in [5, 5.41) is 8.15. The lowest BCUT2D eigenvalue weighted by Crippen LogP contribution is -2.31. The number of esters is 2. The maximum atomic E-state index is 10.9. The maximum Gasteiger partial charge on any atom is 0.418 e. The average molecular weight is 204 g/mol. The molecule has 0 rings (SSSR count). The molecular formula is C8H12O6. The zero-order chi connectivity index (χ0) is 11.4. The monoisotopic (exact) mass is 204 g/mol. The number of carboxylic acid groups (broad SMARTS) is 1. The average Bonchev–Trinajstić information content (AvgIpc) is 1.96. The summed E-state index contributed by atoms with van der Waals surface area (Å²) in [5.41, 5.74) is -0.806. The highest BCUT2D eigenvalue weighted by atomic mass is 16.6. The Morgan fingerprint density at radius 3 is 2.00 bits per heavy atom. The van der Waals surface area contributed by atoms with Crippen molar-refractivity contribution < 1.29 is 29.0 Å². The number of rotatable bonds is 2. The normalized spacial score (nSPS) is 10.5. The Morgan fingerprint density at radius 1 is 1.14 bits per heavy atom. The van der Waals surface area contributed by atoms with Crippen molar-refractivity contribution >= 4 is 17.9 Å². The van der Waals surface area contributed by atoms with Crippen molar-refractivity contribution in [2.45, 2.75) is 26.4 Å². The molecule has 6 heteroatoms. The van der Waals surface area contributed by atoms with Crippen LogP contribution >= 0.6 is 0 Å². The van der Waals surface area contributed by atoms with Crippen molar-refractivity contribution in [3.05, 3.63) is 0 Å². The SMILES string of the molecule is CC(C)(C)OC(=O)C(=O)OCC(=O)O. The van der Waals surface area contributed by atoms with E-state index < -0.39 is 30.1 Å². The van der Waals surface area contributed by atoms with E-state index in [1.165, 1.54) is 0 Å². The molecule has 0 saturated carbocycles. The topological polar surface area (TPSA) is 89.9 Å². The molecule has 1 N–H and O–H groups in total. The van der Waals surface area contributed by atoms with E-state index in [4.69, 9.17) is 5.11 Å². The molecule has 0 aliphatic heterocycles. The second-order valence-corrected chi connectivity index (χ2v) is 3.47. The summed E-state index contributed by atoms with van der Waals surface area (Å²) in [7, 11) is 0. The Labute approximate surface area is 80.8 Å². The molecule has 0 aromatic carbocycles. The van der Waals surface area contributed by atoms with Crippen molar-refractivity contribution in [3.8, 4) is 0 Å². The molecule has 0 fully saturated rings. The second kappa shape index (κ2) is 4.59.